The molecule has 1 N–H and O–H groups in total. The van der Waals surface area contributed by atoms with Crippen LogP contribution in [0.25, 0.3) is 0 Å². The molecule has 0 spiro atoms. The van der Waals surface area contributed by atoms with Crippen molar-refractivity contribution in [2.24, 2.45) is 0 Å². The van der Waals surface area contributed by atoms with Crippen molar-refractivity contribution in [2.75, 3.05) is 11.9 Å². The molecule has 3 rings (SSSR count). The summed E-state index contributed by atoms with van der Waals surface area (Å²) >= 11 is 0. The molecule has 0 unspecified atom stereocenters. The minimum Gasteiger partial charge on any atom is -0.484 e. The molecule has 1 amide bonds. The second kappa shape index (κ2) is 8.15. The van der Waals surface area contributed by atoms with Crippen molar-refractivity contribution in [3.8, 4) is 5.75 Å². The van der Waals surface area contributed by atoms with E-state index in [2.05, 4.69) is 22.5 Å². The maximum atomic E-state index is 12.0. The van der Waals surface area contributed by atoms with Crippen LogP contribution in [0.5, 0.6) is 5.75 Å². The van der Waals surface area contributed by atoms with Gasteiger partial charge in [-0.05, 0) is 36.6 Å². The molecule has 0 atom stereocenters. The Morgan fingerprint density at radius 2 is 2.00 bits per heavy atom. The average molecular weight is 335 g/mol. The van der Waals surface area contributed by atoms with E-state index in [0.29, 0.717) is 11.4 Å². The van der Waals surface area contributed by atoms with Gasteiger partial charge in [0.05, 0.1) is 11.9 Å². The van der Waals surface area contributed by atoms with Gasteiger partial charge in [0.25, 0.3) is 5.91 Å². The number of amides is 1. The highest BCUT2D eigenvalue weighted by Crippen LogP contribution is 2.12. The predicted octanol–water partition coefficient (Wildman–Crippen LogP) is 3.45. The number of benzene rings is 2. The number of aromatic nitrogens is 2. The Hall–Kier alpha value is -3.08. The first kappa shape index (κ1) is 16.8. The van der Waals surface area contributed by atoms with Crippen LogP contribution in [-0.4, -0.2) is 22.3 Å². The molecule has 1 heterocycles. The van der Waals surface area contributed by atoms with Crippen molar-refractivity contribution in [3.05, 3.63) is 78.1 Å². The summed E-state index contributed by atoms with van der Waals surface area (Å²) in [5.74, 6) is 0.484. The maximum Gasteiger partial charge on any atom is 0.262 e. The van der Waals surface area contributed by atoms with Crippen molar-refractivity contribution in [1.29, 1.82) is 0 Å². The summed E-state index contributed by atoms with van der Waals surface area (Å²) in [6.45, 7) is 2.72. The first-order valence-corrected chi connectivity index (χ1v) is 8.25. The van der Waals surface area contributed by atoms with E-state index < -0.39 is 0 Å². The van der Waals surface area contributed by atoms with Crippen LogP contribution in [0, 0.1) is 6.92 Å². The van der Waals surface area contributed by atoms with E-state index in [0.717, 1.165) is 18.5 Å². The van der Waals surface area contributed by atoms with Crippen LogP contribution in [0.3, 0.4) is 0 Å². The molecule has 0 saturated heterocycles. The molecule has 0 aliphatic rings. The van der Waals surface area contributed by atoms with Gasteiger partial charge in [-0.1, -0.05) is 42.5 Å². The SMILES string of the molecule is Cc1cccc(OCC(=O)Nc2cnn(CCc3ccccc3)c2)c1. The average Bonchev–Trinajstić information content (AvgIpc) is 3.06. The Balaban J connectivity index is 1.46. The van der Waals surface area contributed by atoms with Crippen molar-refractivity contribution in [3.63, 3.8) is 0 Å². The highest BCUT2D eigenvalue weighted by Gasteiger charge is 2.06. The van der Waals surface area contributed by atoms with Gasteiger partial charge in [0, 0.05) is 12.7 Å². The summed E-state index contributed by atoms with van der Waals surface area (Å²) in [6.07, 6.45) is 4.37. The Kier molecular flexibility index (Phi) is 5.46. The maximum absolute atomic E-state index is 12.0. The summed E-state index contributed by atoms with van der Waals surface area (Å²) < 4.78 is 7.32. The molecule has 1 aromatic heterocycles. The standard InChI is InChI=1S/C20H21N3O2/c1-16-6-5-9-19(12-16)25-15-20(24)22-18-13-21-23(14-18)11-10-17-7-3-2-4-8-17/h2-9,12-14H,10-11,15H2,1H3,(H,22,24). The Morgan fingerprint density at radius 3 is 2.80 bits per heavy atom. The van der Waals surface area contributed by atoms with E-state index in [4.69, 9.17) is 4.74 Å². The highest BCUT2D eigenvalue weighted by molar-refractivity contribution is 5.91. The highest BCUT2D eigenvalue weighted by atomic mass is 16.5. The van der Waals surface area contributed by atoms with E-state index in [1.165, 1.54) is 5.56 Å². The van der Waals surface area contributed by atoms with Crippen LogP contribution >= 0.6 is 0 Å². The van der Waals surface area contributed by atoms with Gasteiger partial charge in [-0.3, -0.25) is 9.48 Å². The lowest BCUT2D eigenvalue weighted by Gasteiger charge is -2.06. The van der Waals surface area contributed by atoms with Crippen LogP contribution in [0.15, 0.2) is 67.0 Å². The first-order valence-electron chi connectivity index (χ1n) is 8.25. The van der Waals surface area contributed by atoms with E-state index in [-0.39, 0.29) is 12.5 Å². The van der Waals surface area contributed by atoms with Gasteiger partial charge < -0.3 is 10.1 Å². The number of carbonyl (C=O) groups is 1. The van der Waals surface area contributed by atoms with Crippen molar-refractivity contribution < 1.29 is 9.53 Å². The van der Waals surface area contributed by atoms with Crippen molar-refractivity contribution in [1.82, 2.24) is 9.78 Å². The molecule has 0 fully saturated rings. The van der Waals surface area contributed by atoms with Crippen LogP contribution in [0.2, 0.25) is 0 Å². The number of aryl methyl sites for hydroxylation is 3. The van der Waals surface area contributed by atoms with Gasteiger partial charge >= 0.3 is 0 Å². The Morgan fingerprint density at radius 1 is 1.16 bits per heavy atom. The molecule has 25 heavy (non-hydrogen) atoms. The van der Waals surface area contributed by atoms with Gasteiger partial charge in [0.2, 0.25) is 0 Å². The van der Waals surface area contributed by atoms with Crippen molar-refractivity contribution >= 4 is 11.6 Å². The largest absolute Gasteiger partial charge is 0.484 e. The lowest BCUT2D eigenvalue weighted by molar-refractivity contribution is -0.118. The van der Waals surface area contributed by atoms with E-state index in [1.807, 2.05) is 60.3 Å². The van der Waals surface area contributed by atoms with Gasteiger partial charge in [-0.25, -0.2) is 0 Å². The third kappa shape index (κ3) is 5.21. The van der Waals surface area contributed by atoms with E-state index >= 15 is 0 Å². The zero-order chi connectivity index (χ0) is 17.5. The van der Waals surface area contributed by atoms with Gasteiger partial charge in [-0.15, -0.1) is 0 Å². The second-order valence-electron chi connectivity index (χ2n) is 5.88. The van der Waals surface area contributed by atoms with Gasteiger partial charge in [-0.2, -0.15) is 5.10 Å². The molecule has 5 heteroatoms. The molecule has 0 aliphatic heterocycles. The van der Waals surface area contributed by atoms with Crippen LogP contribution in [0.4, 0.5) is 5.69 Å². The lowest BCUT2D eigenvalue weighted by atomic mass is 10.1. The summed E-state index contributed by atoms with van der Waals surface area (Å²) in [5, 5.41) is 7.07. The summed E-state index contributed by atoms with van der Waals surface area (Å²) in [4.78, 5) is 12.0. The molecule has 2 aromatic carbocycles. The lowest BCUT2D eigenvalue weighted by Crippen LogP contribution is -2.19. The topological polar surface area (TPSA) is 56.1 Å². The number of rotatable bonds is 7. The van der Waals surface area contributed by atoms with Gasteiger partial charge in [0.1, 0.15) is 5.75 Å². The molecular formula is C20H21N3O2. The predicted molar refractivity (Wildman–Crippen MR) is 97.7 cm³/mol. The molecule has 3 aromatic rings. The van der Waals surface area contributed by atoms with Crippen LogP contribution in [0.1, 0.15) is 11.1 Å². The number of nitrogens with zero attached hydrogens (tertiary/aromatic N) is 2. The summed E-state index contributed by atoms with van der Waals surface area (Å²) in [6, 6.07) is 17.9. The van der Waals surface area contributed by atoms with Crippen LogP contribution < -0.4 is 10.1 Å². The molecule has 0 aliphatic carbocycles. The van der Waals surface area contributed by atoms with E-state index in [9.17, 15) is 4.79 Å². The number of carbonyl (C=O) groups excluding carboxylic acids is 1. The number of anilines is 1. The van der Waals surface area contributed by atoms with Crippen molar-refractivity contribution in [2.45, 2.75) is 19.9 Å². The second-order valence-corrected chi connectivity index (χ2v) is 5.88. The minimum atomic E-state index is -0.205. The molecular weight excluding hydrogens is 314 g/mol. The summed E-state index contributed by atoms with van der Waals surface area (Å²) in [5.41, 5.74) is 3.03. The van der Waals surface area contributed by atoms with Gasteiger partial charge in [0.15, 0.2) is 6.61 Å². The number of hydrogen-bond acceptors (Lipinski definition) is 3. The molecule has 0 bridgehead atoms. The molecule has 0 saturated carbocycles. The Bertz CT molecular complexity index is 828. The fraction of sp³-hybridized carbons (Fsp3) is 0.200. The first-order chi connectivity index (χ1) is 12.2. The van der Waals surface area contributed by atoms with E-state index in [1.54, 1.807) is 6.20 Å². The zero-order valence-electron chi connectivity index (χ0n) is 14.2. The normalized spacial score (nSPS) is 10.4. The molecule has 128 valence electrons. The monoisotopic (exact) mass is 335 g/mol. The molecule has 0 radical (unpaired) electrons. The quantitative estimate of drug-likeness (QED) is 0.719. The number of hydrogen-bond donors (Lipinski definition) is 1. The third-order valence-corrected chi connectivity index (χ3v) is 3.75. The smallest absolute Gasteiger partial charge is 0.262 e. The number of ether oxygens (including phenoxy) is 1. The molecule has 5 nitrogen and oxygen atoms in total. The minimum absolute atomic E-state index is 0.0291. The van der Waals surface area contributed by atoms with Crippen LogP contribution in [-0.2, 0) is 17.8 Å². The summed E-state index contributed by atoms with van der Waals surface area (Å²) in [7, 11) is 0. The fourth-order valence-corrected chi connectivity index (χ4v) is 2.49. The Labute approximate surface area is 147 Å². The fourth-order valence-electron chi connectivity index (χ4n) is 2.49. The third-order valence-electron chi connectivity index (χ3n) is 3.75. The number of nitrogens with one attached hydrogen (secondary N) is 1. The zero-order valence-corrected chi connectivity index (χ0v) is 14.2.